The van der Waals surface area contributed by atoms with Crippen molar-refractivity contribution in [2.75, 3.05) is 0 Å². The molecule has 4 aromatic carbocycles. The van der Waals surface area contributed by atoms with Gasteiger partial charge in [-0.15, -0.1) is 0 Å². The minimum absolute atomic E-state index is 0.535. The van der Waals surface area contributed by atoms with Crippen molar-refractivity contribution < 1.29 is 0 Å². The van der Waals surface area contributed by atoms with Crippen LogP contribution < -0.4 is 0 Å². The average Bonchev–Trinajstić information content (AvgIpc) is 3.58. The van der Waals surface area contributed by atoms with Gasteiger partial charge in [-0.1, -0.05) is 148 Å². The Labute approximate surface area is 236 Å². The molecule has 0 heterocycles. The van der Waals surface area contributed by atoms with E-state index in [2.05, 4.69) is 138 Å². The lowest BCUT2D eigenvalue weighted by atomic mass is 9.93. The molecule has 0 radical (unpaired) electrons. The molecule has 6 rings (SSSR count). The highest BCUT2D eigenvalue weighted by atomic mass is 28.3. The van der Waals surface area contributed by atoms with Crippen molar-refractivity contribution in [2.45, 2.75) is 65.5 Å². The first-order chi connectivity index (χ1) is 18.7. The topological polar surface area (TPSA) is 0 Å². The summed E-state index contributed by atoms with van der Waals surface area (Å²) in [5, 5.41) is 3.32. The zero-order valence-electron chi connectivity index (χ0n) is 24.3. The van der Waals surface area contributed by atoms with Crippen LogP contribution in [0.1, 0.15) is 72.9 Å². The van der Waals surface area contributed by atoms with Gasteiger partial charge in [0.2, 0.25) is 0 Å². The predicted molar refractivity (Wildman–Crippen MR) is 173 cm³/mol. The Bertz CT molecular complexity index is 1510. The van der Waals surface area contributed by atoms with Crippen LogP contribution >= 0.6 is 0 Å². The smallest absolute Gasteiger partial charge is 0.0714 e. The molecule has 4 aromatic rings. The van der Waals surface area contributed by atoms with Crippen LogP contribution in [-0.2, 0) is 12.8 Å². The Morgan fingerprint density at radius 1 is 0.538 bits per heavy atom. The van der Waals surface area contributed by atoms with E-state index < -0.39 is 8.07 Å². The molecule has 39 heavy (non-hydrogen) atoms. The van der Waals surface area contributed by atoms with E-state index in [0.717, 1.165) is 12.8 Å². The molecule has 0 unspecified atom stereocenters. The van der Waals surface area contributed by atoms with Gasteiger partial charge in [-0.2, -0.15) is 0 Å². The van der Waals surface area contributed by atoms with Crippen molar-refractivity contribution >= 4 is 20.2 Å². The van der Waals surface area contributed by atoms with E-state index in [0.29, 0.717) is 11.8 Å². The molecule has 2 aliphatic rings. The van der Waals surface area contributed by atoms with Crippen LogP contribution in [0.4, 0.5) is 0 Å². The van der Waals surface area contributed by atoms with E-state index in [1.54, 1.807) is 10.4 Å². The van der Waals surface area contributed by atoms with Gasteiger partial charge >= 0.3 is 0 Å². The second-order valence-corrected chi connectivity index (χ2v) is 17.2. The highest BCUT2D eigenvalue weighted by Crippen LogP contribution is 2.44. The van der Waals surface area contributed by atoms with Gasteiger partial charge in [-0.25, -0.2) is 0 Å². The third-order valence-electron chi connectivity index (χ3n) is 9.13. The highest BCUT2D eigenvalue weighted by molar-refractivity contribution is 6.92. The maximum Gasteiger partial charge on any atom is 0.103 e. The van der Waals surface area contributed by atoms with Crippen LogP contribution in [0.3, 0.4) is 0 Å². The van der Waals surface area contributed by atoms with E-state index in [4.69, 9.17) is 0 Å². The zero-order valence-corrected chi connectivity index (χ0v) is 25.3. The Kier molecular flexibility index (Phi) is 6.59. The van der Waals surface area contributed by atoms with E-state index in [9.17, 15) is 0 Å². The van der Waals surface area contributed by atoms with Crippen LogP contribution in [0.25, 0.3) is 34.4 Å². The summed E-state index contributed by atoms with van der Waals surface area (Å²) in [6.07, 6.45) is 7.30. The lowest BCUT2D eigenvalue weighted by molar-refractivity contribution is 0.867. The van der Waals surface area contributed by atoms with Gasteiger partial charge in [0.25, 0.3) is 0 Å². The Hall–Kier alpha value is -3.42. The first-order valence-corrected chi connectivity index (χ1v) is 17.6. The third kappa shape index (κ3) is 4.68. The molecule has 2 aliphatic carbocycles. The SMILES string of the molecule is CC(C)c1cccc(-c2cccc3c2C=C([Si](C)(C)C2=Cc4c(cccc4-c4cccc(C(C)C)c4)C2)C3)c1. The van der Waals surface area contributed by atoms with Crippen molar-refractivity contribution in [3.8, 4) is 22.3 Å². The molecular formula is C38H40Si. The van der Waals surface area contributed by atoms with Crippen molar-refractivity contribution in [1.82, 2.24) is 0 Å². The first kappa shape index (κ1) is 25.8. The molecule has 0 fully saturated rings. The summed E-state index contributed by atoms with van der Waals surface area (Å²) in [6, 6.07) is 32.1. The molecule has 0 N–H and O–H groups in total. The van der Waals surface area contributed by atoms with Crippen molar-refractivity contribution in [1.29, 1.82) is 0 Å². The van der Waals surface area contributed by atoms with Crippen LogP contribution in [0.5, 0.6) is 0 Å². The maximum atomic E-state index is 2.57. The van der Waals surface area contributed by atoms with Crippen LogP contribution in [-0.4, -0.2) is 8.07 Å². The fraction of sp³-hybridized carbons (Fsp3) is 0.263. The standard InChI is InChI=1S/C38H40Si/c1-25(2)27-11-7-13-29(19-27)35-17-9-15-31-21-33(23-37(31)35)39(5,6)34-22-32-16-10-18-36(38(32)24-34)30-14-8-12-28(20-30)26(3)4/h7-20,23-26H,21-22H2,1-6H3. The molecule has 0 spiro atoms. The van der Waals surface area contributed by atoms with Crippen molar-refractivity contribution in [3.63, 3.8) is 0 Å². The summed E-state index contributed by atoms with van der Waals surface area (Å²) >= 11 is 0. The summed E-state index contributed by atoms with van der Waals surface area (Å²) in [5.41, 5.74) is 14.1. The second kappa shape index (κ2) is 9.95. The van der Waals surface area contributed by atoms with Gasteiger partial charge in [0.05, 0.1) is 0 Å². The van der Waals surface area contributed by atoms with E-state index in [-0.39, 0.29) is 0 Å². The van der Waals surface area contributed by atoms with Gasteiger partial charge < -0.3 is 0 Å². The molecule has 1 heteroatoms. The molecule has 0 saturated heterocycles. The predicted octanol–water partition coefficient (Wildman–Crippen LogP) is 10.6. The molecule has 196 valence electrons. The van der Waals surface area contributed by atoms with E-state index >= 15 is 0 Å². The van der Waals surface area contributed by atoms with Crippen LogP contribution in [0, 0.1) is 0 Å². The third-order valence-corrected chi connectivity index (χ3v) is 13.0. The normalized spacial score (nSPS) is 14.5. The number of benzene rings is 4. The highest BCUT2D eigenvalue weighted by Gasteiger charge is 2.36. The van der Waals surface area contributed by atoms with Gasteiger partial charge in [0.15, 0.2) is 0 Å². The van der Waals surface area contributed by atoms with Crippen LogP contribution in [0.2, 0.25) is 13.1 Å². The number of hydrogen-bond donors (Lipinski definition) is 0. The van der Waals surface area contributed by atoms with Gasteiger partial charge in [-0.05, 0) is 80.3 Å². The molecule has 0 nitrogen and oxygen atoms in total. The quantitative estimate of drug-likeness (QED) is 0.220. The number of hydrogen-bond acceptors (Lipinski definition) is 0. The molecule has 0 saturated carbocycles. The Morgan fingerprint density at radius 2 is 0.949 bits per heavy atom. The van der Waals surface area contributed by atoms with Gasteiger partial charge in [-0.3, -0.25) is 0 Å². The summed E-state index contributed by atoms with van der Waals surface area (Å²) in [4.78, 5) is 0. The summed E-state index contributed by atoms with van der Waals surface area (Å²) in [5.74, 6) is 1.07. The summed E-state index contributed by atoms with van der Waals surface area (Å²) < 4.78 is 0. The molecule has 0 aromatic heterocycles. The fourth-order valence-corrected chi connectivity index (χ4v) is 9.07. The van der Waals surface area contributed by atoms with Crippen LogP contribution in [0.15, 0.2) is 95.3 Å². The lowest BCUT2D eigenvalue weighted by Crippen LogP contribution is -2.32. The second-order valence-electron chi connectivity index (χ2n) is 12.6. The van der Waals surface area contributed by atoms with Gasteiger partial charge in [0, 0.05) is 0 Å². The molecule has 0 atom stereocenters. The summed E-state index contributed by atoms with van der Waals surface area (Å²) in [7, 11) is -1.82. The van der Waals surface area contributed by atoms with Gasteiger partial charge in [0.1, 0.15) is 8.07 Å². The monoisotopic (exact) mass is 524 g/mol. The molecule has 0 aliphatic heterocycles. The maximum absolute atomic E-state index is 2.57. The van der Waals surface area contributed by atoms with Crippen molar-refractivity contribution in [2.24, 2.45) is 0 Å². The zero-order chi connectivity index (χ0) is 27.3. The number of fused-ring (bicyclic) bond motifs is 2. The van der Waals surface area contributed by atoms with E-state index in [1.807, 2.05) is 0 Å². The minimum atomic E-state index is -1.82. The first-order valence-electron chi connectivity index (χ1n) is 14.6. The molecular weight excluding hydrogens is 485 g/mol. The number of allylic oxidation sites excluding steroid dienone is 2. The average molecular weight is 525 g/mol. The molecule has 0 bridgehead atoms. The fourth-order valence-electron chi connectivity index (χ4n) is 6.38. The number of rotatable bonds is 6. The van der Waals surface area contributed by atoms with Crippen molar-refractivity contribution in [3.05, 3.63) is 129 Å². The Morgan fingerprint density at radius 3 is 1.36 bits per heavy atom. The summed E-state index contributed by atoms with van der Waals surface area (Å²) in [6.45, 7) is 14.3. The van der Waals surface area contributed by atoms with E-state index in [1.165, 1.54) is 55.6 Å². The molecule has 0 amide bonds. The largest absolute Gasteiger partial charge is 0.103 e. The Balaban J connectivity index is 1.36. The minimum Gasteiger partial charge on any atom is -0.0714 e. The lowest BCUT2D eigenvalue weighted by Gasteiger charge is -2.26.